The largest absolute Gasteiger partial charge is 0.390 e. The van der Waals surface area contributed by atoms with Gasteiger partial charge in [-0.1, -0.05) is 15.9 Å². The quantitative estimate of drug-likeness (QED) is 0.817. The molecule has 0 bridgehead atoms. The standard InChI is InChI=1S/C12H17BrFNO/c1-12(2,16)5-6-15-8-9-7-10(13)3-4-11(9)14/h3-4,7,15-16H,5-6,8H2,1-2H3. The molecule has 0 amide bonds. The van der Waals surface area contributed by atoms with Crippen LogP contribution in [0.2, 0.25) is 0 Å². The predicted molar refractivity (Wildman–Crippen MR) is 66.7 cm³/mol. The fourth-order valence-corrected chi connectivity index (χ4v) is 1.70. The van der Waals surface area contributed by atoms with Crippen LogP contribution in [0.15, 0.2) is 22.7 Å². The van der Waals surface area contributed by atoms with E-state index in [1.54, 1.807) is 26.0 Å². The summed E-state index contributed by atoms with van der Waals surface area (Å²) in [5.41, 5.74) is -0.0480. The normalized spacial score (nSPS) is 11.8. The fourth-order valence-electron chi connectivity index (χ4n) is 1.30. The molecule has 0 aromatic heterocycles. The Labute approximate surface area is 104 Å². The highest BCUT2D eigenvalue weighted by Gasteiger charge is 2.11. The van der Waals surface area contributed by atoms with Gasteiger partial charge in [0.05, 0.1) is 5.60 Å². The molecule has 0 spiro atoms. The summed E-state index contributed by atoms with van der Waals surface area (Å²) in [6.07, 6.45) is 0.641. The van der Waals surface area contributed by atoms with Gasteiger partial charge in [-0.3, -0.25) is 0 Å². The molecule has 0 aliphatic heterocycles. The zero-order chi connectivity index (χ0) is 12.2. The number of aliphatic hydroxyl groups is 1. The molecule has 0 unspecified atom stereocenters. The van der Waals surface area contributed by atoms with Crippen LogP contribution >= 0.6 is 15.9 Å². The van der Waals surface area contributed by atoms with E-state index in [0.717, 1.165) is 4.47 Å². The van der Waals surface area contributed by atoms with Crippen LogP contribution < -0.4 is 5.32 Å². The molecule has 0 aliphatic rings. The van der Waals surface area contributed by atoms with Crippen LogP contribution in [0.1, 0.15) is 25.8 Å². The van der Waals surface area contributed by atoms with Gasteiger partial charge < -0.3 is 10.4 Å². The van der Waals surface area contributed by atoms with Crippen LogP contribution in [-0.2, 0) is 6.54 Å². The van der Waals surface area contributed by atoms with Crippen LogP contribution in [-0.4, -0.2) is 17.3 Å². The second-order valence-corrected chi connectivity index (χ2v) is 5.39. The van der Waals surface area contributed by atoms with Crippen molar-refractivity contribution in [2.75, 3.05) is 6.54 Å². The van der Waals surface area contributed by atoms with Gasteiger partial charge in [-0.05, 0) is 45.0 Å². The van der Waals surface area contributed by atoms with Gasteiger partial charge in [0.2, 0.25) is 0 Å². The number of halogens is 2. The lowest BCUT2D eigenvalue weighted by Gasteiger charge is -2.17. The van der Waals surface area contributed by atoms with Gasteiger partial charge in [0.15, 0.2) is 0 Å². The fraction of sp³-hybridized carbons (Fsp3) is 0.500. The number of rotatable bonds is 5. The Balaban J connectivity index is 2.40. The first-order valence-electron chi connectivity index (χ1n) is 5.25. The average Bonchev–Trinajstić information content (AvgIpc) is 2.16. The minimum atomic E-state index is -0.678. The van der Waals surface area contributed by atoms with Crippen molar-refractivity contribution in [3.05, 3.63) is 34.1 Å². The monoisotopic (exact) mass is 289 g/mol. The summed E-state index contributed by atoms with van der Waals surface area (Å²) in [5.74, 6) is -0.209. The first-order valence-corrected chi connectivity index (χ1v) is 6.05. The minimum absolute atomic E-state index is 0.209. The molecular formula is C12H17BrFNO. The van der Waals surface area contributed by atoms with Crippen LogP contribution in [0.4, 0.5) is 4.39 Å². The van der Waals surface area contributed by atoms with Crippen molar-refractivity contribution in [2.45, 2.75) is 32.4 Å². The van der Waals surface area contributed by atoms with Gasteiger partial charge in [0, 0.05) is 16.6 Å². The van der Waals surface area contributed by atoms with Crippen molar-refractivity contribution in [1.29, 1.82) is 0 Å². The summed E-state index contributed by atoms with van der Waals surface area (Å²) in [6.45, 7) is 4.65. The van der Waals surface area contributed by atoms with Crippen molar-refractivity contribution in [3.8, 4) is 0 Å². The highest BCUT2D eigenvalue weighted by Crippen LogP contribution is 2.15. The Morgan fingerprint density at radius 1 is 1.44 bits per heavy atom. The Kier molecular flexibility index (Phi) is 4.89. The third-order valence-corrected chi connectivity index (χ3v) is 2.73. The van der Waals surface area contributed by atoms with E-state index in [1.165, 1.54) is 6.07 Å². The number of nitrogens with one attached hydrogen (secondary N) is 1. The van der Waals surface area contributed by atoms with Gasteiger partial charge in [-0.25, -0.2) is 4.39 Å². The van der Waals surface area contributed by atoms with Gasteiger partial charge in [-0.15, -0.1) is 0 Å². The molecule has 0 atom stereocenters. The Hall–Kier alpha value is -0.450. The van der Waals surface area contributed by atoms with E-state index in [4.69, 9.17) is 0 Å². The lowest BCUT2D eigenvalue weighted by Crippen LogP contribution is -2.26. The van der Waals surface area contributed by atoms with Crippen LogP contribution in [0.5, 0.6) is 0 Å². The molecule has 2 nitrogen and oxygen atoms in total. The summed E-state index contributed by atoms with van der Waals surface area (Å²) in [5, 5.41) is 12.6. The summed E-state index contributed by atoms with van der Waals surface area (Å²) in [6, 6.07) is 4.87. The van der Waals surface area contributed by atoms with Gasteiger partial charge in [0.1, 0.15) is 5.82 Å². The van der Waals surface area contributed by atoms with Crippen molar-refractivity contribution < 1.29 is 9.50 Å². The van der Waals surface area contributed by atoms with Gasteiger partial charge >= 0.3 is 0 Å². The van der Waals surface area contributed by atoms with E-state index in [2.05, 4.69) is 21.2 Å². The third kappa shape index (κ3) is 5.05. The minimum Gasteiger partial charge on any atom is -0.390 e. The first-order chi connectivity index (χ1) is 7.38. The maximum absolute atomic E-state index is 13.3. The molecule has 90 valence electrons. The zero-order valence-electron chi connectivity index (χ0n) is 9.56. The smallest absolute Gasteiger partial charge is 0.127 e. The lowest BCUT2D eigenvalue weighted by molar-refractivity contribution is 0.0711. The molecule has 0 heterocycles. The summed E-state index contributed by atoms with van der Waals surface area (Å²) in [4.78, 5) is 0. The highest BCUT2D eigenvalue weighted by atomic mass is 79.9. The number of hydrogen-bond acceptors (Lipinski definition) is 2. The molecule has 0 saturated heterocycles. The molecule has 0 saturated carbocycles. The summed E-state index contributed by atoms with van der Waals surface area (Å²) in [7, 11) is 0. The molecule has 0 radical (unpaired) electrons. The molecule has 0 fully saturated rings. The lowest BCUT2D eigenvalue weighted by atomic mass is 10.1. The first kappa shape index (κ1) is 13.6. The van der Waals surface area contributed by atoms with Crippen LogP contribution in [0.25, 0.3) is 0 Å². The van der Waals surface area contributed by atoms with Crippen LogP contribution in [0, 0.1) is 5.82 Å². The second kappa shape index (κ2) is 5.75. The summed E-state index contributed by atoms with van der Waals surface area (Å²) >= 11 is 3.30. The van der Waals surface area contributed by atoms with E-state index >= 15 is 0 Å². The Morgan fingerprint density at radius 2 is 2.12 bits per heavy atom. The molecular weight excluding hydrogens is 273 g/mol. The molecule has 0 aliphatic carbocycles. The van der Waals surface area contributed by atoms with Crippen molar-refractivity contribution in [3.63, 3.8) is 0 Å². The molecule has 1 rings (SSSR count). The molecule has 4 heteroatoms. The number of hydrogen-bond donors (Lipinski definition) is 2. The van der Waals surface area contributed by atoms with Gasteiger partial charge in [0.25, 0.3) is 0 Å². The number of benzene rings is 1. The van der Waals surface area contributed by atoms with Crippen molar-refractivity contribution in [2.24, 2.45) is 0 Å². The second-order valence-electron chi connectivity index (χ2n) is 4.47. The predicted octanol–water partition coefficient (Wildman–Crippen LogP) is 2.84. The van der Waals surface area contributed by atoms with Gasteiger partial charge in [-0.2, -0.15) is 0 Å². The van der Waals surface area contributed by atoms with E-state index in [0.29, 0.717) is 25.1 Å². The topological polar surface area (TPSA) is 32.3 Å². The van der Waals surface area contributed by atoms with Crippen molar-refractivity contribution in [1.82, 2.24) is 5.32 Å². The van der Waals surface area contributed by atoms with E-state index in [9.17, 15) is 9.50 Å². The molecule has 2 N–H and O–H groups in total. The van der Waals surface area contributed by atoms with E-state index in [-0.39, 0.29) is 5.82 Å². The van der Waals surface area contributed by atoms with Crippen LogP contribution in [0.3, 0.4) is 0 Å². The zero-order valence-corrected chi connectivity index (χ0v) is 11.1. The Morgan fingerprint density at radius 3 is 2.75 bits per heavy atom. The third-order valence-electron chi connectivity index (χ3n) is 2.24. The van der Waals surface area contributed by atoms with Crippen molar-refractivity contribution >= 4 is 15.9 Å². The average molecular weight is 290 g/mol. The molecule has 1 aromatic rings. The molecule has 16 heavy (non-hydrogen) atoms. The molecule has 1 aromatic carbocycles. The maximum Gasteiger partial charge on any atom is 0.127 e. The Bertz CT molecular complexity index is 349. The van der Waals surface area contributed by atoms with E-state index < -0.39 is 5.60 Å². The highest BCUT2D eigenvalue weighted by molar-refractivity contribution is 9.10. The van der Waals surface area contributed by atoms with E-state index in [1.807, 2.05) is 0 Å². The maximum atomic E-state index is 13.3. The summed E-state index contributed by atoms with van der Waals surface area (Å²) < 4.78 is 14.2. The SMILES string of the molecule is CC(C)(O)CCNCc1cc(Br)ccc1F.